The number of aliphatic hydroxyl groups is 2. The van der Waals surface area contributed by atoms with Crippen molar-refractivity contribution in [2.75, 3.05) is 6.61 Å². The van der Waals surface area contributed by atoms with E-state index in [0.29, 0.717) is 6.61 Å². The summed E-state index contributed by atoms with van der Waals surface area (Å²) in [5.74, 6) is 0. The molecule has 1 aliphatic heterocycles. The van der Waals surface area contributed by atoms with Crippen LogP contribution in [-0.2, 0) is 20.5 Å². The smallest absolute Gasteiger partial charge is 0.192 e. The molecule has 2 rings (SSSR count). The average molecular weight is 369 g/mol. The number of benzene rings is 1. The molecule has 0 bridgehead atoms. The Morgan fingerprint density at radius 2 is 1.80 bits per heavy atom. The highest BCUT2D eigenvalue weighted by atomic mass is 28.4. The summed E-state index contributed by atoms with van der Waals surface area (Å²) >= 11 is 0. The van der Waals surface area contributed by atoms with Crippen LogP contribution >= 0.6 is 0 Å². The highest BCUT2D eigenvalue weighted by Crippen LogP contribution is 2.37. The molecule has 5 nitrogen and oxygen atoms in total. The van der Waals surface area contributed by atoms with Gasteiger partial charge < -0.3 is 24.1 Å². The zero-order chi connectivity index (χ0) is 18.7. The third kappa shape index (κ3) is 5.61. The normalized spacial score (nSPS) is 28.1. The lowest BCUT2D eigenvalue weighted by atomic mass is 10.0. The van der Waals surface area contributed by atoms with Gasteiger partial charge in [-0.05, 0) is 23.7 Å². The molecule has 1 aromatic carbocycles. The summed E-state index contributed by atoms with van der Waals surface area (Å²) in [5, 5.41) is 20.7. The topological polar surface area (TPSA) is 68.2 Å². The van der Waals surface area contributed by atoms with E-state index >= 15 is 0 Å². The van der Waals surface area contributed by atoms with Gasteiger partial charge in [0.25, 0.3) is 0 Å². The van der Waals surface area contributed by atoms with E-state index in [-0.39, 0.29) is 18.1 Å². The van der Waals surface area contributed by atoms with Crippen LogP contribution in [0, 0.1) is 0 Å². The van der Waals surface area contributed by atoms with Crippen LogP contribution in [0.2, 0.25) is 18.1 Å². The molecule has 2 N–H and O–H groups in total. The SMILES string of the molecule is CC(C)(C)[Si](C)(C)OC[C@H]1OC(O)C[C@@H](OCc2ccccc2)[C@@H]1O. The highest BCUT2D eigenvalue weighted by Gasteiger charge is 2.42. The van der Waals surface area contributed by atoms with Crippen molar-refractivity contribution in [2.24, 2.45) is 0 Å². The number of hydrogen-bond acceptors (Lipinski definition) is 5. The molecule has 0 spiro atoms. The Morgan fingerprint density at radius 3 is 2.40 bits per heavy atom. The van der Waals surface area contributed by atoms with E-state index in [1.165, 1.54) is 0 Å². The summed E-state index contributed by atoms with van der Waals surface area (Å²) in [7, 11) is -1.95. The van der Waals surface area contributed by atoms with Crippen LogP contribution < -0.4 is 0 Å². The van der Waals surface area contributed by atoms with E-state index in [9.17, 15) is 10.2 Å². The van der Waals surface area contributed by atoms with Gasteiger partial charge in [-0.25, -0.2) is 0 Å². The van der Waals surface area contributed by atoms with Gasteiger partial charge in [0.15, 0.2) is 14.6 Å². The van der Waals surface area contributed by atoms with Crippen LogP contribution in [0.5, 0.6) is 0 Å². The lowest BCUT2D eigenvalue weighted by Crippen LogP contribution is -2.53. The summed E-state index contributed by atoms with van der Waals surface area (Å²) in [4.78, 5) is 0. The largest absolute Gasteiger partial charge is 0.414 e. The van der Waals surface area contributed by atoms with Crippen molar-refractivity contribution in [3.63, 3.8) is 0 Å². The molecule has 0 saturated carbocycles. The van der Waals surface area contributed by atoms with E-state index in [1.54, 1.807) is 0 Å². The first-order valence-corrected chi connectivity index (χ1v) is 11.8. The van der Waals surface area contributed by atoms with Crippen LogP contribution in [0.3, 0.4) is 0 Å². The second kappa shape index (κ2) is 8.29. The summed E-state index contributed by atoms with van der Waals surface area (Å²) in [6, 6.07) is 9.79. The van der Waals surface area contributed by atoms with Crippen LogP contribution in [0.1, 0.15) is 32.8 Å². The maximum Gasteiger partial charge on any atom is 0.192 e. The lowest BCUT2D eigenvalue weighted by Gasteiger charge is -2.41. The molecule has 1 heterocycles. The fraction of sp³-hybridized carbons (Fsp3) is 0.684. The Morgan fingerprint density at radius 1 is 1.16 bits per heavy atom. The predicted octanol–water partition coefficient (Wildman–Crippen LogP) is 3.06. The molecular formula is C19H32O5Si. The highest BCUT2D eigenvalue weighted by molar-refractivity contribution is 6.74. The third-order valence-corrected chi connectivity index (χ3v) is 9.75. The second-order valence-corrected chi connectivity index (χ2v) is 13.1. The lowest BCUT2D eigenvalue weighted by molar-refractivity contribution is -0.248. The van der Waals surface area contributed by atoms with Gasteiger partial charge in [0.2, 0.25) is 0 Å². The fourth-order valence-corrected chi connectivity index (χ4v) is 3.52. The van der Waals surface area contributed by atoms with Gasteiger partial charge in [-0.2, -0.15) is 0 Å². The van der Waals surface area contributed by atoms with Gasteiger partial charge in [-0.3, -0.25) is 0 Å². The van der Waals surface area contributed by atoms with Gasteiger partial charge in [-0.1, -0.05) is 51.1 Å². The van der Waals surface area contributed by atoms with Gasteiger partial charge in [0.1, 0.15) is 12.2 Å². The molecule has 0 radical (unpaired) electrons. The van der Waals surface area contributed by atoms with E-state index < -0.39 is 32.9 Å². The number of aliphatic hydroxyl groups excluding tert-OH is 2. The number of hydrogen-bond donors (Lipinski definition) is 2. The Kier molecular flexibility index (Phi) is 6.81. The average Bonchev–Trinajstić information content (AvgIpc) is 2.54. The standard InChI is InChI=1S/C19H32O5Si/c1-19(2,3)25(4,5)23-13-16-18(21)15(11-17(20)24-16)22-12-14-9-7-6-8-10-14/h6-10,15-18,20-21H,11-13H2,1-5H3/t15-,16-,17?,18+/m1/s1. The molecule has 0 amide bonds. The van der Waals surface area contributed by atoms with E-state index in [4.69, 9.17) is 13.9 Å². The maximum absolute atomic E-state index is 10.6. The van der Waals surface area contributed by atoms with Crippen LogP contribution in [0.15, 0.2) is 30.3 Å². The zero-order valence-corrected chi connectivity index (χ0v) is 16.9. The van der Waals surface area contributed by atoms with Gasteiger partial charge >= 0.3 is 0 Å². The Bertz CT molecular complexity index is 528. The van der Waals surface area contributed by atoms with Crippen LogP contribution in [-0.4, -0.2) is 49.7 Å². The summed E-state index contributed by atoms with van der Waals surface area (Å²) in [6.45, 7) is 11.5. The molecule has 1 aromatic rings. The molecule has 6 heteroatoms. The fourth-order valence-electron chi connectivity index (χ4n) is 2.50. The summed E-state index contributed by atoms with van der Waals surface area (Å²) < 4.78 is 17.5. The Hall–Kier alpha value is -0.763. The molecule has 0 aliphatic carbocycles. The Labute approximate surface area is 152 Å². The van der Waals surface area contributed by atoms with E-state index in [2.05, 4.69) is 33.9 Å². The van der Waals surface area contributed by atoms with E-state index in [1.807, 2.05) is 30.3 Å². The predicted molar refractivity (Wildman–Crippen MR) is 99.7 cm³/mol. The Balaban J connectivity index is 1.93. The van der Waals surface area contributed by atoms with Crippen molar-refractivity contribution >= 4 is 8.32 Å². The minimum Gasteiger partial charge on any atom is -0.414 e. The molecule has 1 fully saturated rings. The molecule has 1 aliphatic rings. The molecule has 0 aromatic heterocycles. The third-order valence-electron chi connectivity index (χ3n) is 5.25. The minimum absolute atomic E-state index is 0.0778. The number of rotatable bonds is 6. The minimum atomic E-state index is -1.95. The molecule has 4 atom stereocenters. The van der Waals surface area contributed by atoms with Gasteiger partial charge in [-0.15, -0.1) is 0 Å². The van der Waals surface area contributed by atoms with Gasteiger partial charge in [0.05, 0.1) is 19.3 Å². The molecule has 142 valence electrons. The van der Waals surface area contributed by atoms with Crippen molar-refractivity contribution in [3.8, 4) is 0 Å². The van der Waals surface area contributed by atoms with Crippen molar-refractivity contribution in [1.29, 1.82) is 0 Å². The van der Waals surface area contributed by atoms with E-state index in [0.717, 1.165) is 5.56 Å². The maximum atomic E-state index is 10.6. The van der Waals surface area contributed by atoms with Crippen molar-refractivity contribution in [2.45, 2.75) is 76.5 Å². The molecule has 25 heavy (non-hydrogen) atoms. The van der Waals surface area contributed by atoms with Crippen LogP contribution in [0.4, 0.5) is 0 Å². The quantitative estimate of drug-likeness (QED) is 0.756. The molecule has 1 unspecified atom stereocenters. The number of ether oxygens (including phenoxy) is 2. The second-order valence-electron chi connectivity index (χ2n) is 8.26. The zero-order valence-electron chi connectivity index (χ0n) is 15.9. The molecule has 1 saturated heterocycles. The molecular weight excluding hydrogens is 336 g/mol. The van der Waals surface area contributed by atoms with Crippen molar-refractivity contribution in [3.05, 3.63) is 35.9 Å². The first-order chi connectivity index (χ1) is 11.6. The first kappa shape index (κ1) is 20.5. The summed E-state index contributed by atoms with van der Waals surface area (Å²) in [6.07, 6.45) is -2.57. The van der Waals surface area contributed by atoms with Crippen molar-refractivity contribution < 1.29 is 24.1 Å². The van der Waals surface area contributed by atoms with Gasteiger partial charge in [0, 0.05) is 6.42 Å². The monoisotopic (exact) mass is 368 g/mol. The first-order valence-electron chi connectivity index (χ1n) is 8.91. The van der Waals surface area contributed by atoms with Crippen LogP contribution in [0.25, 0.3) is 0 Å². The summed E-state index contributed by atoms with van der Waals surface area (Å²) in [5.41, 5.74) is 1.03. The van der Waals surface area contributed by atoms with Crippen molar-refractivity contribution in [1.82, 2.24) is 0 Å².